The molecule has 2 aromatic rings. The monoisotopic (exact) mass is 329 g/mol. The second kappa shape index (κ2) is 6.95. The summed E-state index contributed by atoms with van der Waals surface area (Å²) in [6, 6.07) is 8.17. The first-order valence-electron chi connectivity index (χ1n) is 8.34. The summed E-state index contributed by atoms with van der Waals surface area (Å²) >= 11 is 0. The summed E-state index contributed by atoms with van der Waals surface area (Å²) in [5.74, 6) is 0.0810. The molecule has 1 aromatic carbocycles. The lowest BCUT2D eigenvalue weighted by molar-refractivity contribution is -0.133. The molecular weight excluding hydrogens is 306 g/mol. The number of hydrogen-bond donors (Lipinski definition) is 0. The number of rotatable bonds is 3. The van der Waals surface area contributed by atoms with E-state index in [-0.39, 0.29) is 12.0 Å². The van der Waals surface area contributed by atoms with Gasteiger partial charge in [-0.2, -0.15) is 0 Å². The molecule has 6 heteroatoms. The zero-order chi connectivity index (χ0) is 17.1. The third kappa shape index (κ3) is 3.22. The number of ether oxygens (including phenoxy) is 1. The van der Waals surface area contributed by atoms with Crippen molar-refractivity contribution in [2.45, 2.75) is 20.4 Å². The molecule has 0 aliphatic carbocycles. The van der Waals surface area contributed by atoms with Crippen molar-refractivity contribution in [3.8, 4) is 0 Å². The van der Waals surface area contributed by atoms with Gasteiger partial charge in [0.1, 0.15) is 6.54 Å². The standard InChI is InChI=1S/C18H23N3O3/c1-3-24-18(23)20-11-9-19(10-12-20)17(22)13-21-8-7-15-14(2)5-4-6-16(15)21/h4-8H,3,9-13H2,1-2H3. The highest BCUT2D eigenvalue weighted by atomic mass is 16.6. The molecule has 1 saturated heterocycles. The Balaban J connectivity index is 1.62. The van der Waals surface area contributed by atoms with Crippen LogP contribution in [0, 0.1) is 6.92 Å². The molecule has 0 saturated carbocycles. The average molecular weight is 329 g/mol. The van der Waals surface area contributed by atoms with Gasteiger partial charge in [-0.25, -0.2) is 4.79 Å². The van der Waals surface area contributed by atoms with Gasteiger partial charge in [-0.1, -0.05) is 12.1 Å². The first kappa shape index (κ1) is 16.4. The maximum absolute atomic E-state index is 12.6. The Labute approximate surface area is 141 Å². The summed E-state index contributed by atoms with van der Waals surface area (Å²) in [6.45, 7) is 6.71. The van der Waals surface area contributed by atoms with E-state index in [0.29, 0.717) is 39.3 Å². The van der Waals surface area contributed by atoms with Gasteiger partial charge in [-0.05, 0) is 31.5 Å². The van der Waals surface area contributed by atoms with E-state index in [1.165, 1.54) is 10.9 Å². The largest absolute Gasteiger partial charge is 0.450 e. The summed E-state index contributed by atoms with van der Waals surface area (Å²) in [7, 11) is 0. The Kier molecular flexibility index (Phi) is 4.74. The number of amides is 2. The van der Waals surface area contributed by atoms with Gasteiger partial charge in [0.25, 0.3) is 0 Å². The van der Waals surface area contributed by atoms with E-state index in [4.69, 9.17) is 4.74 Å². The number of piperazine rings is 1. The summed E-state index contributed by atoms with van der Waals surface area (Å²) in [6.07, 6.45) is 1.67. The van der Waals surface area contributed by atoms with Crippen molar-refractivity contribution in [2.75, 3.05) is 32.8 Å². The molecule has 1 aliphatic rings. The van der Waals surface area contributed by atoms with Gasteiger partial charge in [0.2, 0.25) is 5.91 Å². The van der Waals surface area contributed by atoms with Crippen LogP contribution >= 0.6 is 0 Å². The van der Waals surface area contributed by atoms with Crippen molar-refractivity contribution in [3.05, 3.63) is 36.0 Å². The van der Waals surface area contributed by atoms with Crippen molar-refractivity contribution in [3.63, 3.8) is 0 Å². The maximum atomic E-state index is 12.6. The molecule has 1 fully saturated rings. The van der Waals surface area contributed by atoms with E-state index in [2.05, 4.69) is 19.1 Å². The van der Waals surface area contributed by atoms with Crippen LogP contribution in [-0.2, 0) is 16.1 Å². The minimum atomic E-state index is -0.295. The molecule has 0 atom stereocenters. The molecular formula is C18H23N3O3. The minimum absolute atomic E-state index is 0.0810. The molecule has 3 rings (SSSR count). The molecule has 2 amide bonds. The van der Waals surface area contributed by atoms with Crippen molar-refractivity contribution in [2.24, 2.45) is 0 Å². The molecule has 1 aromatic heterocycles. The van der Waals surface area contributed by atoms with Crippen LogP contribution in [0.2, 0.25) is 0 Å². The smallest absolute Gasteiger partial charge is 0.409 e. The van der Waals surface area contributed by atoms with Crippen LogP contribution in [0.15, 0.2) is 30.5 Å². The summed E-state index contributed by atoms with van der Waals surface area (Å²) in [5, 5.41) is 1.18. The van der Waals surface area contributed by atoms with Gasteiger partial charge >= 0.3 is 6.09 Å². The van der Waals surface area contributed by atoms with Gasteiger partial charge in [0, 0.05) is 43.3 Å². The Morgan fingerprint density at radius 2 is 1.79 bits per heavy atom. The summed E-state index contributed by atoms with van der Waals surface area (Å²) < 4.78 is 6.99. The van der Waals surface area contributed by atoms with Crippen molar-refractivity contribution in [1.29, 1.82) is 0 Å². The van der Waals surface area contributed by atoms with Gasteiger partial charge in [-0.15, -0.1) is 0 Å². The lowest BCUT2D eigenvalue weighted by Crippen LogP contribution is -2.51. The number of benzene rings is 1. The Morgan fingerprint density at radius 3 is 2.50 bits per heavy atom. The Hall–Kier alpha value is -2.50. The molecule has 2 heterocycles. The van der Waals surface area contributed by atoms with Crippen molar-refractivity contribution < 1.29 is 14.3 Å². The van der Waals surface area contributed by atoms with Crippen LogP contribution < -0.4 is 0 Å². The van der Waals surface area contributed by atoms with Crippen LogP contribution in [0.3, 0.4) is 0 Å². The van der Waals surface area contributed by atoms with Gasteiger partial charge in [0.15, 0.2) is 0 Å². The Bertz CT molecular complexity index is 745. The second-order valence-electron chi connectivity index (χ2n) is 6.02. The molecule has 6 nitrogen and oxygen atoms in total. The zero-order valence-corrected chi connectivity index (χ0v) is 14.2. The normalized spacial score (nSPS) is 14.9. The van der Waals surface area contributed by atoms with Crippen LogP contribution in [0.1, 0.15) is 12.5 Å². The predicted molar refractivity (Wildman–Crippen MR) is 91.9 cm³/mol. The molecule has 128 valence electrons. The number of carbonyl (C=O) groups excluding carboxylic acids is 2. The highest BCUT2D eigenvalue weighted by Gasteiger charge is 2.25. The number of carbonyl (C=O) groups is 2. The number of aryl methyl sites for hydroxylation is 1. The fourth-order valence-electron chi connectivity index (χ4n) is 3.11. The van der Waals surface area contributed by atoms with E-state index < -0.39 is 0 Å². The zero-order valence-electron chi connectivity index (χ0n) is 14.2. The van der Waals surface area contributed by atoms with Crippen molar-refractivity contribution >= 4 is 22.9 Å². The third-order valence-corrected chi connectivity index (χ3v) is 4.50. The van der Waals surface area contributed by atoms with E-state index in [0.717, 1.165) is 5.52 Å². The predicted octanol–water partition coefficient (Wildman–Crippen LogP) is 2.25. The van der Waals surface area contributed by atoms with Crippen LogP contribution in [-0.4, -0.2) is 59.2 Å². The fourth-order valence-corrected chi connectivity index (χ4v) is 3.11. The first-order valence-corrected chi connectivity index (χ1v) is 8.34. The van der Waals surface area contributed by atoms with E-state index in [9.17, 15) is 9.59 Å². The lowest BCUT2D eigenvalue weighted by atomic mass is 10.1. The maximum Gasteiger partial charge on any atom is 0.409 e. The molecule has 0 N–H and O–H groups in total. The highest BCUT2D eigenvalue weighted by Crippen LogP contribution is 2.19. The van der Waals surface area contributed by atoms with E-state index in [1.54, 1.807) is 11.8 Å². The molecule has 0 unspecified atom stereocenters. The molecule has 0 radical (unpaired) electrons. The average Bonchev–Trinajstić information content (AvgIpc) is 2.99. The number of fused-ring (bicyclic) bond motifs is 1. The SMILES string of the molecule is CCOC(=O)N1CCN(C(=O)Cn2ccc3c(C)cccc32)CC1. The molecule has 0 spiro atoms. The lowest BCUT2D eigenvalue weighted by Gasteiger charge is -2.34. The first-order chi connectivity index (χ1) is 11.6. The number of aromatic nitrogens is 1. The molecule has 24 heavy (non-hydrogen) atoms. The molecule has 1 aliphatic heterocycles. The van der Waals surface area contributed by atoms with E-state index in [1.807, 2.05) is 27.8 Å². The van der Waals surface area contributed by atoms with Gasteiger partial charge in [-0.3, -0.25) is 4.79 Å². The van der Waals surface area contributed by atoms with Gasteiger partial charge < -0.3 is 19.1 Å². The van der Waals surface area contributed by atoms with E-state index >= 15 is 0 Å². The van der Waals surface area contributed by atoms with Crippen LogP contribution in [0.4, 0.5) is 4.79 Å². The highest BCUT2D eigenvalue weighted by molar-refractivity contribution is 5.85. The Morgan fingerprint density at radius 1 is 1.08 bits per heavy atom. The minimum Gasteiger partial charge on any atom is -0.450 e. The van der Waals surface area contributed by atoms with Gasteiger partial charge in [0.05, 0.1) is 6.61 Å². The molecule has 0 bridgehead atoms. The quantitative estimate of drug-likeness (QED) is 0.868. The number of hydrogen-bond acceptors (Lipinski definition) is 3. The summed E-state index contributed by atoms with van der Waals surface area (Å²) in [5.41, 5.74) is 2.29. The topological polar surface area (TPSA) is 54.8 Å². The summed E-state index contributed by atoms with van der Waals surface area (Å²) in [4.78, 5) is 27.7. The van der Waals surface area contributed by atoms with Crippen molar-refractivity contribution in [1.82, 2.24) is 14.4 Å². The second-order valence-corrected chi connectivity index (χ2v) is 6.02. The fraction of sp³-hybridized carbons (Fsp3) is 0.444. The number of nitrogens with zero attached hydrogens (tertiary/aromatic N) is 3. The third-order valence-electron chi connectivity index (χ3n) is 4.50. The van der Waals surface area contributed by atoms with Crippen LogP contribution in [0.25, 0.3) is 10.9 Å². The van der Waals surface area contributed by atoms with Crippen LogP contribution in [0.5, 0.6) is 0 Å².